The molecule has 0 N–H and O–H groups in total. The summed E-state index contributed by atoms with van der Waals surface area (Å²) in [5, 5.41) is 0. The topological polar surface area (TPSA) is 0 Å². The van der Waals surface area contributed by atoms with Gasteiger partial charge in [0.25, 0.3) is 0 Å². The SMILES string of the molecule is [GaH3].[La].[Ta].[Zr]. The molecule has 4 heavy (non-hydrogen) atoms. The summed E-state index contributed by atoms with van der Waals surface area (Å²) < 4.78 is 0. The molecule has 0 saturated heterocycles. The zero-order valence-corrected chi connectivity index (χ0v) is 10.8. The minimum absolute atomic E-state index is 0. The molecule has 2 radical (unpaired) electrons. The molecule has 0 fully saturated rings. The van der Waals surface area contributed by atoms with Gasteiger partial charge in [-0.3, -0.25) is 0 Å². The van der Waals surface area contributed by atoms with E-state index in [9.17, 15) is 0 Å². The van der Waals surface area contributed by atoms with Crippen molar-refractivity contribution in [3.63, 3.8) is 0 Å². The van der Waals surface area contributed by atoms with Gasteiger partial charge in [0.2, 0.25) is 0 Å². The second-order valence-electron chi connectivity index (χ2n) is 0. The van der Waals surface area contributed by atoms with Gasteiger partial charge in [-0.25, -0.2) is 0 Å². The quantitative estimate of drug-likeness (QED) is 0.380. The average Bonchev–Trinajstić information content (AvgIpc) is 0. The molecule has 0 aliphatic carbocycles. The normalized spacial score (nSPS) is 0. The summed E-state index contributed by atoms with van der Waals surface area (Å²) in [6, 6.07) is 0. The van der Waals surface area contributed by atoms with Gasteiger partial charge in [0.1, 0.15) is 0 Å². The van der Waals surface area contributed by atoms with E-state index in [1.165, 1.54) is 0 Å². The Morgan fingerprint density at radius 2 is 1.00 bits per heavy atom. The van der Waals surface area contributed by atoms with Crippen LogP contribution >= 0.6 is 0 Å². The molecule has 0 aromatic heterocycles. The molecule has 0 amide bonds. The molecule has 0 aromatic rings. The molecule has 0 rings (SSSR count). The van der Waals surface area contributed by atoms with Gasteiger partial charge in [-0.05, 0) is 0 Å². The first-order chi connectivity index (χ1) is 0. The fraction of sp³-hybridized carbons (Fsp3) is 0. The fourth-order valence-corrected chi connectivity index (χ4v) is 0. The Hall–Kier alpha value is 3.45. The zero-order chi connectivity index (χ0) is 0. The summed E-state index contributed by atoms with van der Waals surface area (Å²) in [5.74, 6) is 0. The van der Waals surface area contributed by atoms with E-state index < -0.39 is 0 Å². The maximum absolute atomic E-state index is 0. The molecule has 0 nitrogen and oxygen atoms in total. The van der Waals surface area contributed by atoms with Crippen LogP contribution in [-0.4, -0.2) is 19.8 Å². The van der Waals surface area contributed by atoms with Crippen LogP contribution < -0.4 is 0 Å². The second kappa shape index (κ2) is 16.1. The molecule has 0 heterocycles. The maximum Gasteiger partial charge on any atom is 0 e. The summed E-state index contributed by atoms with van der Waals surface area (Å²) in [4.78, 5) is 0. The van der Waals surface area contributed by atoms with Crippen molar-refractivity contribution >= 4 is 19.8 Å². The second-order valence-corrected chi connectivity index (χ2v) is 0. The van der Waals surface area contributed by atoms with Crippen molar-refractivity contribution < 1.29 is 84.2 Å². The molecular formula is H3GaLaTaZr. The summed E-state index contributed by atoms with van der Waals surface area (Å²) in [5.41, 5.74) is 0. The predicted molar refractivity (Wildman–Crippen MR) is 9.94 cm³/mol. The van der Waals surface area contributed by atoms with Gasteiger partial charge in [-0.1, -0.05) is 0 Å². The van der Waals surface area contributed by atoms with E-state index in [4.69, 9.17) is 0 Å². The molecule has 4 heteroatoms. The van der Waals surface area contributed by atoms with Crippen LogP contribution in [0, 0.1) is 35.6 Å². The Kier molecular flexibility index (Phi) is 105. The monoisotopic (exact) mass is 482 g/mol. The molecule has 0 atom stereocenters. The van der Waals surface area contributed by atoms with Crippen LogP contribution in [0.15, 0.2) is 0 Å². The van der Waals surface area contributed by atoms with Crippen LogP contribution in [0.5, 0.6) is 0 Å². The molecule has 0 spiro atoms. The van der Waals surface area contributed by atoms with Crippen LogP contribution in [0.2, 0.25) is 0 Å². The number of hydrogen-bond donors (Lipinski definition) is 0. The Morgan fingerprint density at radius 3 is 1.00 bits per heavy atom. The zero-order valence-electron chi connectivity index (χ0n) is 1.52. The maximum atomic E-state index is 0. The van der Waals surface area contributed by atoms with Gasteiger partial charge in [-0.15, -0.1) is 0 Å². The van der Waals surface area contributed by atoms with Gasteiger partial charge in [-0.2, -0.15) is 0 Å². The summed E-state index contributed by atoms with van der Waals surface area (Å²) in [6.45, 7) is 0. The first-order valence-corrected chi connectivity index (χ1v) is 0. The van der Waals surface area contributed by atoms with E-state index in [1.807, 2.05) is 0 Å². The smallest absolute Gasteiger partial charge is 0 e. The molecule has 0 bridgehead atoms. The Labute approximate surface area is 102 Å². The van der Waals surface area contributed by atoms with Crippen molar-refractivity contribution in [2.45, 2.75) is 0 Å². The minimum Gasteiger partial charge on any atom is 0 e. The third-order valence-corrected chi connectivity index (χ3v) is 0. The van der Waals surface area contributed by atoms with Gasteiger partial charge >= 0.3 is 19.8 Å². The van der Waals surface area contributed by atoms with Crippen LogP contribution in [0.3, 0.4) is 0 Å². The molecular weight excluding hydrogens is 481 g/mol. The van der Waals surface area contributed by atoms with Crippen molar-refractivity contribution in [1.82, 2.24) is 0 Å². The van der Waals surface area contributed by atoms with Gasteiger partial charge < -0.3 is 0 Å². The number of hydrogen-bond acceptors (Lipinski definition) is 0. The van der Waals surface area contributed by atoms with E-state index in [1.54, 1.807) is 0 Å². The Balaban J connectivity index is 0. The van der Waals surface area contributed by atoms with Crippen LogP contribution in [0.4, 0.5) is 0 Å². The van der Waals surface area contributed by atoms with E-state index >= 15 is 0 Å². The van der Waals surface area contributed by atoms with Crippen molar-refractivity contribution in [1.29, 1.82) is 0 Å². The molecule has 0 aliphatic heterocycles. The largest absolute Gasteiger partial charge is 0 e. The third-order valence-electron chi connectivity index (χ3n) is 0. The Bertz CT molecular complexity index is 8.00. The van der Waals surface area contributed by atoms with E-state index in [0.717, 1.165) is 0 Å². The molecule has 0 aromatic carbocycles. The van der Waals surface area contributed by atoms with Crippen molar-refractivity contribution in [3.05, 3.63) is 0 Å². The average molecular weight is 484 g/mol. The Morgan fingerprint density at radius 1 is 1.00 bits per heavy atom. The van der Waals surface area contributed by atoms with Gasteiger partial charge in [0, 0.05) is 84.2 Å². The van der Waals surface area contributed by atoms with Crippen LogP contribution in [0.1, 0.15) is 0 Å². The van der Waals surface area contributed by atoms with E-state index in [-0.39, 0.29) is 104 Å². The molecule has 0 unspecified atom stereocenters. The molecule has 18 valence electrons. The van der Waals surface area contributed by atoms with E-state index in [0.29, 0.717) is 0 Å². The summed E-state index contributed by atoms with van der Waals surface area (Å²) >= 11 is 0. The molecule has 0 saturated carbocycles. The van der Waals surface area contributed by atoms with Gasteiger partial charge in [0.05, 0.1) is 0 Å². The van der Waals surface area contributed by atoms with Crippen molar-refractivity contribution in [3.8, 4) is 0 Å². The fourth-order valence-electron chi connectivity index (χ4n) is 0. The predicted octanol–water partition coefficient (Wildman–Crippen LogP) is -1.19. The minimum atomic E-state index is 0. The third kappa shape index (κ3) is 9.07. The van der Waals surface area contributed by atoms with Gasteiger partial charge in [0.15, 0.2) is 0 Å². The van der Waals surface area contributed by atoms with Crippen molar-refractivity contribution in [2.75, 3.05) is 0 Å². The van der Waals surface area contributed by atoms with E-state index in [2.05, 4.69) is 0 Å². The van der Waals surface area contributed by atoms with Crippen molar-refractivity contribution in [2.24, 2.45) is 0 Å². The first-order valence-electron chi connectivity index (χ1n) is 0. The number of rotatable bonds is 0. The summed E-state index contributed by atoms with van der Waals surface area (Å²) in [6.07, 6.45) is 0. The van der Waals surface area contributed by atoms with Crippen LogP contribution in [0.25, 0.3) is 0 Å². The standard InChI is InChI=1S/Ga.La.Ta.Zr.3H. The first kappa shape index (κ1) is 26.0. The molecule has 0 aliphatic rings. The summed E-state index contributed by atoms with van der Waals surface area (Å²) in [7, 11) is 0. The van der Waals surface area contributed by atoms with Crippen LogP contribution in [-0.2, 0) is 48.6 Å².